The highest BCUT2D eigenvalue weighted by Gasteiger charge is 2.34. The van der Waals surface area contributed by atoms with Crippen molar-refractivity contribution in [3.63, 3.8) is 0 Å². The fourth-order valence-electron chi connectivity index (χ4n) is 5.79. The van der Waals surface area contributed by atoms with Gasteiger partial charge in [0, 0.05) is 23.6 Å². The Balaban J connectivity index is 1.69. The number of carbonyl (C=O) groups is 2. The number of rotatable bonds is 6. The van der Waals surface area contributed by atoms with Gasteiger partial charge in [-0.05, 0) is 90.9 Å². The molecule has 41 heavy (non-hydrogen) atoms. The number of carboxylic acids is 1. The standard InChI is InChI=1S/C33H30F2N2O3S/c1-17-6-8-21(9-7-17)30-19(3)31-24-13-11-23(36-33(40)25-12-10-22(34)14-28(25)35)15-27(24)20(4)37(41-5)32(31)18(2)26(30)16-29(38)39/h6-15,20H,16H2,1-5H3,(H,36,40)(H,38,39)/t20-/m0/s1. The second-order valence-corrected chi connectivity index (χ2v) is 11.1. The molecule has 1 heterocycles. The minimum absolute atomic E-state index is 0.0997. The summed E-state index contributed by atoms with van der Waals surface area (Å²) in [5, 5.41) is 12.6. The number of amides is 1. The Morgan fingerprint density at radius 3 is 2.29 bits per heavy atom. The molecular formula is C33H30F2N2O3S. The first kappa shape index (κ1) is 28.4. The lowest BCUT2D eigenvalue weighted by atomic mass is 9.79. The molecule has 0 unspecified atom stereocenters. The Bertz CT molecular complexity index is 1700. The molecule has 1 aliphatic rings. The van der Waals surface area contributed by atoms with Crippen LogP contribution in [0.1, 0.15) is 51.1 Å². The molecule has 4 aromatic carbocycles. The third kappa shape index (κ3) is 5.08. The number of carbonyl (C=O) groups excluding carboxylic acids is 1. The number of aryl methyl sites for hydroxylation is 1. The molecule has 0 bridgehead atoms. The first-order valence-corrected chi connectivity index (χ1v) is 14.4. The van der Waals surface area contributed by atoms with Crippen LogP contribution in [-0.2, 0) is 11.2 Å². The second kappa shape index (κ2) is 11.0. The third-order valence-corrected chi connectivity index (χ3v) is 8.63. The van der Waals surface area contributed by atoms with E-state index in [4.69, 9.17) is 0 Å². The SMILES string of the molecule is CSN1c2c(C)c(CC(=O)O)c(-c3ccc(C)cc3)c(C)c2-c2ccc(NC(=O)c3ccc(F)cc3F)cc2[C@@H]1C. The van der Waals surface area contributed by atoms with Gasteiger partial charge in [0.25, 0.3) is 5.91 Å². The van der Waals surface area contributed by atoms with Gasteiger partial charge in [-0.1, -0.05) is 47.8 Å². The molecule has 1 aliphatic heterocycles. The van der Waals surface area contributed by atoms with Gasteiger partial charge in [0.1, 0.15) is 11.6 Å². The first-order chi connectivity index (χ1) is 19.5. The maximum atomic E-state index is 14.2. The van der Waals surface area contributed by atoms with Crippen molar-refractivity contribution in [2.75, 3.05) is 15.9 Å². The molecule has 5 nitrogen and oxygen atoms in total. The van der Waals surface area contributed by atoms with Crippen LogP contribution < -0.4 is 9.62 Å². The smallest absolute Gasteiger partial charge is 0.307 e. The van der Waals surface area contributed by atoms with Crippen molar-refractivity contribution in [3.8, 4) is 22.3 Å². The van der Waals surface area contributed by atoms with Gasteiger partial charge < -0.3 is 14.7 Å². The van der Waals surface area contributed by atoms with E-state index < -0.39 is 23.5 Å². The zero-order chi connectivity index (χ0) is 29.6. The summed E-state index contributed by atoms with van der Waals surface area (Å²) in [6.07, 6.45) is 1.88. The van der Waals surface area contributed by atoms with Crippen molar-refractivity contribution in [2.45, 2.75) is 40.2 Å². The van der Waals surface area contributed by atoms with E-state index in [1.54, 1.807) is 18.0 Å². The molecular weight excluding hydrogens is 542 g/mol. The predicted octanol–water partition coefficient (Wildman–Crippen LogP) is 8.26. The first-order valence-electron chi connectivity index (χ1n) is 13.2. The fraction of sp³-hybridized carbons (Fsp3) is 0.212. The molecule has 1 atom stereocenters. The van der Waals surface area contributed by atoms with Crippen LogP contribution >= 0.6 is 11.9 Å². The van der Waals surface area contributed by atoms with E-state index in [1.807, 2.05) is 63.4 Å². The largest absolute Gasteiger partial charge is 0.481 e. The van der Waals surface area contributed by atoms with Crippen LogP contribution in [0.25, 0.3) is 22.3 Å². The van der Waals surface area contributed by atoms with E-state index >= 15 is 0 Å². The lowest BCUT2D eigenvalue weighted by Crippen LogP contribution is -2.26. The average Bonchev–Trinajstić information content (AvgIpc) is 2.92. The number of benzene rings is 4. The molecule has 0 saturated heterocycles. The highest BCUT2D eigenvalue weighted by molar-refractivity contribution is 8.00. The van der Waals surface area contributed by atoms with E-state index in [-0.39, 0.29) is 18.0 Å². The van der Waals surface area contributed by atoms with Crippen molar-refractivity contribution < 1.29 is 23.5 Å². The molecule has 1 amide bonds. The van der Waals surface area contributed by atoms with Crippen LogP contribution in [0.4, 0.5) is 20.2 Å². The van der Waals surface area contributed by atoms with Crippen LogP contribution in [0, 0.1) is 32.4 Å². The molecule has 5 rings (SSSR count). The van der Waals surface area contributed by atoms with Crippen molar-refractivity contribution in [3.05, 3.63) is 106 Å². The molecule has 210 valence electrons. The van der Waals surface area contributed by atoms with Gasteiger partial charge in [-0.2, -0.15) is 0 Å². The molecule has 0 aromatic heterocycles. The minimum atomic E-state index is -0.928. The van der Waals surface area contributed by atoms with Gasteiger partial charge in [0.2, 0.25) is 0 Å². The van der Waals surface area contributed by atoms with Gasteiger partial charge >= 0.3 is 5.97 Å². The Morgan fingerprint density at radius 2 is 1.66 bits per heavy atom. The monoisotopic (exact) mass is 572 g/mol. The van der Waals surface area contributed by atoms with Crippen molar-refractivity contribution in [1.29, 1.82) is 0 Å². The number of fused-ring (bicyclic) bond motifs is 3. The molecule has 2 N–H and O–H groups in total. The number of nitrogens with zero attached hydrogens (tertiary/aromatic N) is 1. The maximum absolute atomic E-state index is 14.2. The molecule has 0 saturated carbocycles. The molecule has 4 aromatic rings. The number of halogens is 2. The highest BCUT2D eigenvalue weighted by atomic mass is 32.2. The lowest BCUT2D eigenvalue weighted by molar-refractivity contribution is -0.136. The summed E-state index contributed by atoms with van der Waals surface area (Å²) < 4.78 is 29.8. The van der Waals surface area contributed by atoms with Gasteiger partial charge in [-0.15, -0.1) is 0 Å². The van der Waals surface area contributed by atoms with Crippen LogP contribution in [-0.4, -0.2) is 23.2 Å². The Morgan fingerprint density at radius 1 is 0.951 bits per heavy atom. The quantitative estimate of drug-likeness (QED) is 0.228. The summed E-state index contributed by atoms with van der Waals surface area (Å²) in [5.74, 6) is -3.23. The van der Waals surface area contributed by atoms with Crippen molar-refractivity contribution >= 4 is 35.2 Å². The van der Waals surface area contributed by atoms with Crippen LogP contribution in [0.3, 0.4) is 0 Å². The molecule has 8 heteroatoms. The molecule has 0 spiro atoms. The zero-order valence-electron chi connectivity index (χ0n) is 23.4. The summed E-state index contributed by atoms with van der Waals surface area (Å²) >= 11 is 1.55. The maximum Gasteiger partial charge on any atom is 0.307 e. The van der Waals surface area contributed by atoms with Gasteiger partial charge in [0.05, 0.1) is 23.7 Å². The summed E-state index contributed by atoms with van der Waals surface area (Å²) in [6, 6.07) is 16.5. The number of nitrogens with one attached hydrogen (secondary N) is 1. The van der Waals surface area contributed by atoms with Gasteiger partial charge in [-0.25, -0.2) is 8.78 Å². The minimum Gasteiger partial charge on any atom is -0.481 e. The highest BCUT2D eigenvalue weighted by Crippen LogP contribution is 2.53. The van der Waals surface area contributed by atoms with Crippen LogP contribution in [0.15, 0.2) is 60.7 Å². The summed E-state index contributed by atoms with van der Waals surface area (Å²) in [5.41, 5.74) is 9.85. The summed E-state index contributed by atoms with van der Waals surface area (Å²) in [4.78, 5) is 24.9. The molecule has 0 aliphatic carbocycles. The van der Waals surface area contributed by atoms with E-state index in [2.05, 4.69) is 16.5 Å². The van der Waals surface area contributed by atoms with E-state index in [0.29, 0.717) is 11.8 Å². The van der Waals surface area contributed by atoms with Crippen molar-refractivity contribution in [2.24, 2.45) is 0 Å². The number of hydrogen-bond donors (Lipinski definition) is 2. The van der Waals surface area contributed by atoms with E-state index in [9.17, 15) is 23.5 Å². The summed E-state index contributed by atoms with van der Waals surface area (Å²) in [7, 11) is 0. The van der Waals surface area contributed by atoms with Crippen molar-refractivity contribution in [1.82, 2.24) is 0 Å². The second-order valence-electron chi connectivity index (χ2n) is 10.3. The number of anilines is 2. The normalized spacial score (nSPS) is 13.9. The van der Waals surface area contributed by atoms with Gasteiger partial charge in [0.15, 0.2) is 0 Å². The average molecular weight is 573 g/mol. The number of hydrogen-bond acceptors (Lipinski definition) is 4. The Labute approximate surface area is 242 Å². The Hall–Kier alpha value is -4.17. The molecule has 0 fully saturated rings. The molecule has 0 radical (unpaired) electrons. The van der Waals surface area contributed by atoms with Crippen LogP contribution in [0.5, 0.6) is 0 Å². The predicted molar refractivity (Wildman–Crippen MR) is 162 cm³/mol. The zero-order valence-corrected chi connectivity index (χ0v) is 24.2. The van der Waals surface area contributed by atoms with Crippen LogP contribution in [0.2, 0.25) is 0 Å². The number of aliphatic carboxylic acids is 1. The fourth-order valence-corrected chi connectivity index (χ4v) is 6.63. The lowest BCUT2D eigenvalue weighted by Gasteiger charge is -2.40. The topological polar surface area (TPSA) is 69.6 Å². The van der Waals surface area contributed by atoms with E-state index in [1.165, 1.54) is 0 Å². The number of carboxylic acid groups (broad SMARTS) is 1. The summed E-state index contributed by atoms with van der Waals surface area (Å²) in [6.45, 7) is 8.09. The van der Waals surface area contributed by atoms with Gasteiger partial charge in [-0.3, -0.25) is 9.59 Å². The third-order valence-electron chi connectivity index (χ3n) is 7.74. The Kier molecular flexibility index (Phi) is 7.62. The van der Waals surface area contributed by atoms with E-state index in [0.717, 1.165) is 67.9 Å².